The highest BCUT2D eigenvalue weighted by atomic mass is 32.1. The lowest BCUT2D eigenvalue weighted by Gasteiger charge is -2.44. The monoisotopic (exact) mass is 238 g/mol. The Morgan fingerprint density at radius 3 is 3.06 bits per heavy atom. The summed E-state index contributed by atoms with van der Waals surface area (Å²) in [5, 5.41) is 1.24. The highest BCUT2D eigenvalue weighted by Gasteiger charge is 2.29. The van der Waals surface area contributed by atoms with Gasteiger partial charge in [-0.3, -0.25) is 4.90 Å². The molecule has 2 fully saturated rings. The lowest BCUT2D eigenvalue weighted by Crippen LogP contribution is -2.54. The van der Waals surface area contributed by atoms with Gasteiger partial charge in [-0.25, -0.2) is 0 Å². The molecule has 16 heavy (non-hydrogen) atoms. The Bertz CT molecular complexity index is 365. The summed E-state index contributed by atoms with van der Waals surface area (Å²) in [6.07, 6.45) is 4.12. The van der Waals surface area contributed by atoms with E-state index < -0.39 is 0 Å². The van der Waals surface area contributed by atoms with Crippen molar-refractivity contribution >= 4 is 22.4 Å². The van der Waals surface area contributed by atoms with Gasteiger partial charge >= 0.3 is 0 Å². The van der Waals surface area contributed by atoms with E-state index in [4.69, 9.17) is 5.73 Å². The van der Waals surface area contributed by atoms with Crippen molar-refractivity contribution in [2.24, 2.45) is 0 Å². The van der Waals surface area contributed by atoms with E-state index in [0.29, 0.717) is 5.82 Å². The van der Waals surface area contributed by atoms with Gasteiger partial charge in [0.1, 0.15) is 10.8 Å². The SMILES string of the molecule is Nc1cc(N2CCN3CCCCC3C2)sn1. The number of rotatable bonds is 1. The first kappa shape index (κ1) is 10.4. The second-order valence-corrected chi connectivity index (χ2v) is 5.51. The van der Waals surface area contributed by atoms with Gasteiger partial charge in [0.2, 0.25) is 0 Å². The first-order chi connectivity index (χ1) is 7.83. The number of anilines is 2. The van der Waals surface area contributed by atoms with Crippen LogP contribution in [0.2, 0.25) is 0 Å². The molecule has 1 atom stereocenters. The molecule has 3 heterocycles. The Hall–Kier alpha value is -0.810. The molecule has 4 nitrogen and oxygen atoms in total. The average Bonchev–Trinajstić information content (AvgIpc) is 2.75. The Morgan fingerprint density at radius 1 is 1.31 bits per heavy atom. The molecule has 2 N–H and O–H groups in total. The van der Waals surface area contributed by atoms with Crippen LogP contribution in [0.5, 0.6) is 0 Å². The maximum atomic E-state index is 5.68. The van der Waals surface area contributed by atoms with Gasteiger partial charge in [-0.1, -0.05) is 6.42 Å². The Balaban J connectivity index is 1.70. The van der Waals surface area contributed by atoms with E-state index >= 15 is 0 Å². The fourth-order valence-corrected chi connectivity index (χ4v) is 3.49. The van der Waals surface area contributed by atoms with Gasteiger partial charge in [0, 0.05) is 31.7 Å². The van der Waals surface area contributed by atoms with Crippen molar-refractivity contribution in [3.05, 3.63) is 6.07 Å². The largest absolute Gasteiger partial charge is 0.383 e. The minimum Gasteiger partial charge on any atom is -0.383 e. The summed E-state index contributed by atoms with van der Waals surface area (Å²) in [6, 6.07) is 2.76. The van der Waals surface area contributed by atoms with Gasteiger partial charge < -0.3 is 10.6 Å². The van der Waals surface area contributed by atoms with Crippen molar-refractivity contribution in [1.82, 2.24) is 9.27 Å². The molecular formula is C11H18N4S. The summed E-state index contributed by atoms with van der Waals surface area (Å²) < 4.78 is 4.16. The van der Waals surface area contributed by atoms with Crippen LogP contribution in [0.15, 0.2) is 6.07 Å². The highest BCUT2D eigenvalue weighted by Crippen LogP contribution is 2.28. The third-order valence-corrected chi connectivity index (χ3v) is 4.53. The number of piperidine rings is 1. The van der Waals surface area contributed by atoms with Gasteiger partial charge in [-0.15, -0.1) is 0 Å². The van der Waals surface area contributed by atoms with Crippen LogP contribution in [-0.2, 0) is 0 Å². The third kappa shape index (κ3) is 1.89. The van der Waals surface area contributed by atoms with Crippen molar-refractivity contribution in [3.63, 3.8) is 0 Å². The quantitative estimate of drug-likeness (QED) is 0.803. The maximum Gasteiger partial charge on any atom is 0.139 e. The van der Waals surface area contributed by atoms with Crippen LogP contribution in [-0.4, -0.2) is 41.5 Å². The summed E-state index contributed by atoms with van der Waals surface area (Å²) in [4.78, 5) is 5.09. The van der Waals surface area contributed by atoms with E-state index in [1.165, 1.54) is 48.9 Å². The molecule has 1 aromatic heterocycles. The zero-order valence-electron chi connectivity index (χ0n) is 9.43. The minimum atomic E-state index is 0.658. The molecular weight excluding hydrogens is 220 g/mol. The number of nitrogen functional groups attached to an aromatic ring is 1. The Labute approximate surface area is 100 Å². The van der Waals surface area contributed by atoms with Crippen LogP contribution in [0.1, 0.15) is 19.3 Å². The molecule has 0 aliphatic carbocycles. The number of hydrogen-bond donors (Lipinski definition) is 1. The maximum absolute atomic E-state index is 5.68. The summed E-state index contributed by atoms with van der Waals surface area (Å²) in [5.74, 6) is 0.658. The topological polar surface area (TPSA) is 45.4 Å². The lowest BCUT2D eigenvalue weighted by atomic mass is 10.00. The molecule has 0 bridgehead atoms. The number of piperazine rings is 1. The number of fused-ring (bicyclic) bond motifs is 1. The molecule has 1 aromatic rings. The van der Waals surface area contributed by atoms with E-state index in [2.05, 4.69) is 14.2 Å². The van der Waals surface area contributed by atoms with Gasteiger partial charge in [-0.2, -0.15) is 4.37 Å². The second-order valence-electron chi connectivity index (χ2n) is 4.72. The number of nitrogens with two attached hydrogens (primary N) is 1. The van der Waals surface area contributed by atoms with Gasteiger partial charge in [0.25, 0.3) is 0 Å². The highest BCUT2D eigenvalue weighted by molar-refractivity contribution is 7.10. The van der Waals surface area contributed by atoms with Crippen LogP contribution in [0, 0.1) is 0 Å². The molecule has 0 aromatic carbocycles. The fourth-order valence-electron chi connectivity index (χ4n) is 2.78. The summed E-state index contributed by atoms with van der Waals surface area (Å²) in [6.45, 7) is 4.77. The predicted molar refractivity (Wildman–Crippen MR) is 68.0 cm³/mol. The molecule has 1 unspecified atom stereocenters. The van der Waals surface area contributed by atoms with Crippen molar-refractivity contribution < 1.29 is 0 Å². The molecule has 3 rings (SSSR count). The van der Waals surface area contributed by atoms with E-state index in [-0.39, 0.29) is 0 Å². The first-order valence-electron chi connectivity index (χ1n) is 6.04. The van der Waals surface area contributed by atoms with Crippen LogP contribution < -0.4 is 10.6 Å². The minimum absolute atomic E-state index is 0.658. The van der Waals surface area contributed by atoms with Crippen LogP contribution in [0.25, 0.3) is 0 Å². The zero-order valence-corrected chi connectivity index (χ0v) is 10.2. The molecule has 5 heteroatoms. The second kappa shape index (κ2) is 4.22. The van der Waals surface area contributed by atoms with Crippen LogP contribution in [0.4, 0.5) is 10.8 Å². The van der Waals surface area contributed by atoms with Crippen molar-refractivity contribution in [1.29, 1.82) is 0 Å². The van der Waals surface area contributed by atoms with Crippen molar-refractivity contribution in [2.75, 3.05) is 36.8 Å². The predicted octanol–water partition coefficient (Wildman–Crippen LogP) is 1.40. The van der Waals surface area contributed by atoms with E-state index in [1.54, 1.807) is 0 Å². The van der Waals surface area contributed by atoms with Gasteiger partial charge in [-0.05, 0) is 30.9 Å². The molecule has 0 spiro atoms. The molecule has 0 amide bonds. The number of hydrogen-bond acceptors (Lipinski definition) is 5. The molecule has 0 saturated carbocycles. The van der Waals surface area contributed by atoms with Gasteiger partial charge in [0.15, 0.2) is 0 Å². The first-order valence-corrected chi connectivity index (χ1v) is 6.81. The number of nitrogens with zero attached hydrogens (tertiary/aromatic N) is 3. The average molecular weight is 238 g/mol. The molecule has 0 radical (unpaired) electrons. The molecule has 2 saturated heterocycles. The zero-order chi connectivity index (χ0) is 11.0. The number of aromatic nitrogens is 1. The summed E-state index contributed by atoms with van der Waals surface area (Å²) >= 11 is 1.53. The lowest BCUT2D eigenvalue weighted by molar-refractivity contribution is 0.134. The summed E-state index contributed by atoms with van der Waals surface area (Å²) in [5.41, 5.74) is 5.68. The van der Waals surface area contributed by atoms with E-state index in [1.807, 2.05) is 6.07 Å². The fraction of sp³-hybridized carbons (Fsp3) is 0.727. The Kier molecular flexibility index (Phi) is 2.73. The van der Waals surface area contributed by atoms with Crippen molar-refractivity contribution in [3.8, 4) is 0 Å². The molecule has 2 aliphatic heterocycles. The normalized spacial score (nSPS) is 26.8. The van der Waals surface area contributed by atoms with Gasteiger partial charge in [0.05, 0.1) is 0 Å². The smallest absolute Gasteiger partial charge is 0.139 e. The van der Waals surface area contributed by atoms with Crippen LogP contribution >= 0.6 is 11.5 Å². The Morgan fingerprint density at radius 2 is 2.25 bits per heavy atom. The molecule has 88 valence electrons. The van der Waals surface area contributed by atoms with E-state index in [0.717, 1.165) is 19.1 Å². The van der Waals surface area contributed by atoms with E-state index in [9.17, 15) is 0 Å². The third-order valence-electron chi connectivity index (χ3n) is 3.66. The molecule has 2 aliphatic rings. The van der Waals surface area contributed by atoms with Crippen molar-refractivity contribution in [2.45, 2.75) is 25.3 Å². The standard InChI is InChI=1S/C11H18N4S/c12-10-7-11(16-13-10)15-6-5-14-4-2-1-3-9(14)8-15/h7,9H,1-6,8H2,(H2,12,13). The van der Waals surface area contributed by atoms with Crippen LogP contribution in [0.3, 0.4) is 0 Å². The summed E-state index contributed by atoms with van der Waals surface area (Å²) in [7, 11) is 0.